The van der Waals surface area contributed by atoms with Crippen molar-refractivity contribution in [3.8, 4) is 23.0 Å². The number of hydrogen-bond acceptors (Lipinski definition) is 12. The number of aromatic carboxylic acids is 1. The van der Waals surface area contributed by atoms with E-state index < -0.39 is 17.8 Å². The van der Waals surface area contributed by atoms with E-state index >= 15 is 0 Å². The predicted octanol–water partition coefficient (Wildman–Crippen LogP) is 7.62. The zero-order valence-corrected chi connectivity index (χ0v) is 28.0. The Bertz CT molecular complexity index is 2000. The van der Waals surface area contributed by atoms with Crippen LogP contribution < -0.4 is 20.3 Å². The van der Waals surface area contributed by atoms with Crippen LogP contribution in [0.2, 0.25) is 0 Å². The minimum atomic E-state index is -1.23. The number of rotatable bonds is 17. The lowest BCUT2D eigenvalue weighted by atomic mass is 10.0. The van der Waals surface area contributed by atoms with Crippen LogP contribution in [0.15, 0.2) is 109 Å². The highest BCUT2D eigenvalue weighted by molar-refractivity contribution is 6.10. The number of esters is 1. The molecule has 1 amide bonds. The van der Waals surface area contributed by atoms with Crippen molar-refractivity contribution in [2.45, 2.75) is 19.8 Å². The van der Waals surface area contributed by atoms with E-state index in [2.05, 4.69) is 20.6 Å². The number of anilines is 2. The normalized spacial score (nSPS) is 10.7. The van der Waals surface area contributed by atoms with Crippen molar-refractivity contribution in [3.05, 3.63) is 143 Å². The molecule has 14 heteroatoms. The molecule has 0 bridgehead atoms. The van der Waals surface area contributed by atoms with Gasteiger partial charge in [0.15, 0.2) is 0 Å². The van der Waals surface area contributed by atoms with Crippen LogP contribution in [0.5, 0.6) is 23.0 Å². The number of carboxylic acid groups (broad SMARTS) is 1. The van der Waals surface area contributed by atoms with Crippen molar-refractivity contribution >= 4 is 29.2 Å². The number of carbonyl (C=O) groups is 3. The summed E-state index contributed by atoms with van der Waals surface area (Å²) in [5.74, 6) is -0.259. The Balaban J connectivity index is 1.15. The molecule has 0 aromatic heterocycles. The molecule has 0 saturated carbocycles. The number of nitrogens with one attached hydrogen (secondary N) is 2. The topological polar surface area (TPSA) is 180 Å². The fraction of sp³-hybridized carbons (Fsp3) is 0.132. The van der Waals surface area contributed by atoms with Gasteiger partial charge in [0.05, 0.1) is 36.6 Å². The van der Waals surface area contributed by atoms with Gasteiger partial charge in [0.25, 0.3) is 5.91 Å². The quantitative estimate of drug-likeness (QED) is 0.0421. The van der Waals surface area contributed by atoms with Gasteiger partial charge in [-0.15, -0.1) is 0 Å². The highest BCUT2D eigenvalue weighted by Gasteiger charge is 2.18. The zero-order chi connectivity index (χ0) is 36.9. The van der Waals surface area contributed by atoms with Crippen LogP contribution in [0, 0.1) is 0 Å². The maximum Gasteiger partial charge on any atom is 0.337 e. The van der Waals surface area contributed by atoms with E-state index in [1.807, 2.05) is 0 Å². The number of ether oxygens (including phenoxy) is 3. The van der Waals surface area contributed by atoms with Gasteiger partial charge in [0.2, 0.25) is 0 Å². The Morgan fingerprint density at radius 3 is 1.94 bits per heavy atom. The molecule has 0 unspecified atom stereocenters. The lowest BCUT2D eigenvalue weighted by Gasteiger charge is -2.13. The van der Waals surface area contributed by atoms with Gasteiger partial charge in [-0.25, -0.2) is 24.3 Å². The number of hydrogen-bond donors (Lipinski definition) is 4. The van der Waals surface area contributed by atoms with Gasteiger partial charge < -0.3 is 24.6 Å². The maximum absolute atomic E-state index is 13.0. The third-order valence-electron chi connectivity index (χ3n) is 7.41. The summed E-state index contributed by atoms with van der Waals surface area (Å²) >= 11 is 0. The monoisotopic (exact) mass is 710 g/mol. The molecule has 0 radical (unpaired) electrons. The fourth-order valence-electron chi connectivity index (χ4n) is 4.86. The van der Waals surface area contributed by atoms with E-state index in [1.54, 1.807) is 97.1 Å². The van der Waals surface area contributed by atoms with Crippen molar-refractivity contribution in [3.63, 3.8) is 0 Å². The highest BCUT2D eigenvalue weighted by atomic mass is 17.2. The van der Waals surface area contributed by atoms with Crippen LogP contribution in [-0.2, 0) is 44.1 Å². The number of carboxylic acids is 1. The van der Waals surface area contributed by atoms with Crippen LogP contribution in [0.1, 0.15) is 47.8 Å². The standard InChI is InChI=1S/C38H34N2O12/c1-46-38(44)25-7-8-26(23-49-45)27(19-25)22-48-40-29-11-15-31(16-12-29)52-33-5-3-4-32(20-33)51-30-13-9-28(10-14-30)39-36(41)35-18-24(21-50-47-2)6-17-34(35)37(42)43/h3-20,40,45H,21-23H2,1-2H3,(H,39,41)(H,42,43). The average molecular weight is 711 g/mol. The van der Waals surface area contributed by atoms with Gasteiger partial charge in [-0.3, -0.25) is 20.4 Å². The molecule has 5 aromatic carbocycles. The number of benzene rings is 5. The molecular formula is C38H34N2O12. The third-order valence-corrected chi connectivity index (χ3v) is 7.41. The Morgan fingerprint density at radius 2 is 1.33 bits per heavy atom. The lowest BCUT2D eigenvalue weighted by Crippen LogP contribution is -2.17. The molecule has 14 nitrogen and oxygen atoms in total. The summed E-state index contributed by atoms with van der Waals surface area (Å²) < 4.78 is 16.8. The Kier molecular flexibility index (Phi) is 12.9. The first-order chi connectivity index (χ1) is 25.3. The first-order valence-electron chi connectivity index (χ1n) is 15.6. The maximum atomic E-state index is 13.0. The largest absolute Gasteiger partial charge is 0.478 e. The van der Waals surface area contributed by atoms with E-state index in [9.17, 15) is 19.5 Å². The number of carbonyl (C=O) groups excluding carboxylic acids is 2. The van der Waals surface area contributed by atoms with E-state index in [-0.39, 0.29) is 30.9 Å². The SMILES string of the molecule is COOCc1ccc(C(=O)O)c(C(=O)Nc2ccc(Oc3cccc(Oc4ccc(NOCc5cc(C(=O)OC)ccc5COO)cc4)c3)cc2)c1. The van der Waals surface area contributed by atoms with Gasteiger partial charge in [-0.1, -0.05) is 18.2 Å². The summed E-state index contributed by atoms with van der Waals surface area (Å²) in [5, 5.41) is 21.2. The van der Waals surface area contributed by atoms with Gasteiger partial charge >= 0.3 is 11.9 Å². The van der Waals surface area contributed by atoms with Gasteiger partial charge in [0.1, 0.15) is 42.8 Å². The molecule has 0 fully saturated rings. The van der Waals surface area contributed by atoms with E-state index in [1.165, 1.54) is 26.4 Å². The minimum absolute atomic E-state index is 0.0230. The summed E-state index contributed by atoms with van der Waals surface area (Å²) in [6.45, 7) is 0.0320. The second-order valence-corrected chi connectivity index (χ2v) is 10.9. The summed E-state index contributed by atoms with van der Waals surface area (Å²) in [7, 11) is 2.64. The highest BCUT2D eigenvalue weighted by Crippen LogP contribution is 2.30. The predicted molar refractivity (Wildman–Crippen MR) is 186 cm³/mol. The molecule has 52 heavy (non-hydrogen) atoms. The van der Waals surface area contributed by atoms with Crippen molar-refractivity contribution < 1.29 is 58.5 Å². The molecule has 0 aliphatic carbocycles. The van der Waals surface area contributed by atoms with Crippen LogP contribution >= 0.6 is 0 Å². The van der Waals surface area contributed by atoms with Crippen LogP contribution in [0.3, 0.4) is 0 Å². The smallest absolute Gasteiger partial charge is 0.337 e. The van der Waals surface area contributed by atoms with Crippen LogP contribution in [-0.4, -0.2) is 42.4 Å². The summed E-state index contributed by atoms with van der Waals surface area (Å²) in [6.07, 6.45) is 0. The molecule has 4 N–H and O–H groups in total. The van der Waals surface area contributed by atoms with Gasteiger partial charge in [-0.2, -0.15) is 0 Å². The Morgan fingerprint density at radius 1 is 0.654 bits per heavy atom. The summed E-state index contributed by atoms with van der Waals surface area (Å²) in [4.78, 5) is 56.0. The van der Waals surface area contributed by atoms with Crippen molar-refractivity contribution in [1.29, 1.82) is 0 Å². The van der Waals surface area contributed by atoms with Gasteiger partial charge in [-0.05, 0) is 102 Å². The third kappa shape index (κ3) is 10.1. The van der Waals surface area contributed by atoms with Crippen molar-refractivity contribution in [2.75, 3.05) is 25.0 Å². The van der Waals surface area contributed by atoms with E-state index in [0.717, 1.165) is 0 Å². The van der Waals surface area contributed by atoms with Crippen molar-refractivity contribution in [1.82, 2.24) is 0 Å². The van der Waals surface area contributed by atoms with E-state index in [0.29, 0.717) is 56.6 Å². The minimum Gasteiger partial charge on any atom is -0.478 e. The molecule has 0 heterocycles. The first kappa shape index (κ1) is 37.0. The molecule has 0 spiro atoms. The molecule has 0 saturated heterocycles. The van der Waals surface area contributed by atoms with Crippen LogP contribution in [0.25, 0.3) is 0 Å². The van der Waals surface area contributed by atoms with Gasteiger partial charge in [0, 0.05) is 11.8 Å². The second-order valence-electron chi connectivity index (χ2n) is 10.9. The van der Waals surface area contributed by atoms with Crippen LogP contribution in [0.4, 0.5) is 11.4 Å². The molecule has 0 aliphatic heterocycles. The Labute approximate surface area is 297 Å². The molecule has 268 valence electrons. The second kappa shape index (κ2) is 18.1. The van der Waals surface area contributed by atoms with Crippen molar-refractivity contribution in [2.24, 2.45) is 0 Å². The fourth-order valence-corrected chi connectivity index (χ4v) is 4.86. The molecule has 5 rings (SSSR count). The number of methoxy groups -OCH3 is 1. The summed E-state index contributed by atoms with van der Waals surface area (Å²) in [6, 6.07) is 29.8. The number of amides is 1. The average Bonchev–Trinajstić information content (AvgIpc) is 3.15. The summed E-state index contributed by atoms with van der Waals surface area (Å²) in [5.41, 5.74) is 5.90. The van der Waals surface area contributed by atoms with E-state index in [4.69, 9.17) is 29.2 Å². The molecule has 0 atom stereocenters. The lowest BCUT2D eigenvalue weighted by molar-refractivity contribution is -0.282. The zero-order valence-electron chi connectivity index (χ0n) is 28.0. The molecule has 5 aromatic rings. The molecule has 0 aliphatic rings. The molecular weight excluding hydrogens is 676 g/mol. The Hall–Kier alpha value is -6.29. The first-order valence-corrected chi connectivity index (χ1v) is 15.6.